The SMILES string of the molecule is OC[C@H]1CC[C@@H](O)C(O)O1. The molecule has 0 aromatic rings. The van der Waals surface area contributed by atoms with Gasteiger partial charge >= 0.3 is 0 Å². The van der Waals surface area contributed by atoms with Crippen LogP contribution in [-0.4, -0.2) is 40.4 Å². The Labute approximate surface area is 59.1 Å². The zero-order valence-electron chi connectivity index (χ0n) is 5.60. The average molecular weight is 148 g/mol. The van der Waals surface area contributed by atoms with Crippen LogP contribution in [0.1, 0.15) is 12.8 Å². The third kappa shape index (κ3) is 1.67. The fourth-order valence-corrected chi connectivity index (χ4v) is 0.989. The summed E-state index contributed by atoms with van der Waals surface area (Å²) in [6.45, 7) is -0.0935. The van der Waals surface area contributed by atoms with Crippen LogP contribution in [-0.2, 0) is 4.74 Å². The first kappa shape index (κ1) is 7.94. The predicted molar refractivity (Wildman–Crippen MR) is 33.2 cm³/mol. The first-order chi connectivity index (χ1) is 4.74. The van der Waals surface area contributed by atoms with Crippen molar-refractivity contribution in [2.45, 2.75) is 31.3 Å². The lowest BCUT2D eigenvalue weighted by atomic mass is 10.1. The van der Waals surface area contributed by atoms with E-state index in [9.17, 15) is 0 Å². The standard InChI is InChI=1S/C6H12O4/c7-3-4-1-2-5(8)6(9)10-4/h4-9H,1-3H2/t4-,5-,6?/m1/s1. The van der Waals surface area contributed by atoms with E-state index in [0.29, 0.717) is 12.8 Å². The van der Waals surface area contributed by atoms with E-state index < -0.39 is 12.4 Å². The molecule has 0 saturated carbocycles. The smallest absolute Gasteiger partial charge is 0.181 e. The molecule has 0 aromatic carbocycles. The lowest BCUT2D eigenvalue weighted by Gasteiger charge is -2.29. The molecule has 60 valence electrons. The summed E-state index contributed by atoms with van der Waals surface area (Å²) in [6, 6.07) is 0. The summed E-state index contributed by atoms with van der Waals surface area (Å²) in [5, 5.41) is 26.4. The van der Waals surface area contributed by atoms with Crippen LogP contribution in [0, 0.1) is 0 Å². The van der Waals surface area contributed by atoms with Crippen molar-refractivity contribution in [2.75, 3.05) is 6.61 Å². The Morgan fingerprint density at radius 3 is 2.50 bits per heavy atom. The molecule has 1 aliphatic rings. The summed E-state index contributed by atoms with van der Waals surface area (Å²) in [4.78, 5) is 0. The van der Waals surface area contributed by atoms with Gasteiger partial charge in [0, 0.05) is 0 Å². The van der Waals surface area contributed by atoms with E-state index in [1.807, 2.05) is 0 Å². The molecular formula is C6H12O4. The number of ether oxygens (including phenoxy) is 1. The quantitative estimate of drug-likeness (QED) is 0.438. The second-order valence-electron chi connectivity index (χ2n) is 2.48. The van der Waals surface area contributed by atoms with Gasteiger partial charge in [-0.1, -0.05) is 0 Å². The van der Waals surface area contributed by atoms with E-state index >= 15 is 0 Å². The van der Waals surface area contributed by atoms with Crippen LogP contribution in [0.25, 0.3) is 0 Å². The lowest BCUT2D eigenvalue weighted by Crippen LogP contribution is -2.39. The molecule has 1 fully saturated rings. The summed E-state index contributed by atoms with van der Waals surface area (Å²) >= 11 is 0. The highest BCUT2D eigenvalue weighted by molar-refractivity contribution is 4.70. The maximum atomic E-state index is 8.93. The van der Waals surface area contributed by atoms with Gasteiger partial charge in [-0.25, -0.2) is 0 Å². The molecule has 0 amide bonds. The van der Waals surface area contributed by atoms with Gasteiger partial charge in [0.15, 0.2) is 6.29 Å². The van der Waals surface area contributed by atoms with Crippen LogP contribution in [0.2, 0.25) is 0 Å². The van der Waals surface area contributed by atoms with Crippen molar-refractivity contribution in [1.82, 2.24) is 0 Å². The van der Waals surface area contributed by atoms with Gasteiger partial charge in [0.25, 0.3) is 0 Å². The summed E-state index contributed by atoms with van der Waals surface area (Å²) in [5.74, 6) is 0. The number of aliphatic hydroxyl groups excluding tert-OH is 3. The van der Waals surface area contributed by atoms with E-state index in [-0.39, 0.29) is 12.7 Å². The molecule has 4 nitrogen and oxygen atoms in total. The highest BCUT2D eigenvalue weighted by Gasteiger charge is 2.27. The van der Waals surface area contributed by atoms with Crippen molar-refractivity contribution >= 4 is 0 Å². The third-order valence-electron chi connectivity index (χ3n) is 1.65. The molecule has 1 rings (SSSR count). The van der Waals surface area contributed by atoms with E-state index in [1.54, 1.807) is 0 Å². The first-order valence-electron chi connectivity index (χ1n) is 3.36. The van der Waals surface area contributed by atoms with E-state index in [0.717, 1.165) is 0 Å². The zero-order valence-corrected chi connectivity index (χ0v) is 5.60. The zero-order chi connectivity index (χ0) is 7.56. The molecule has 0 aliphatic carbocycles. The minimum atomic E-state index is -1.12. The minimum absolute atomic E-state index is 0.0935. The summed E-state index contributed by atoms with van der Waals surface area (Å²) < 4.78 is 4.80. The molecule has 0 bridgehead atoms. The normalized spacial score (nSPS) is 41.7. The Hall–Kier alpha value is -0.160. The maximum absolute atomic E-state index is 8.93. The molecule has 0 radical (unpaired) electrons. The number of hydrogen-bond acceptors (Lipinski definition) is 4. The monoisotopic (exact) mass is 148 g/mol. The van der Waals surface area contributed by atoms with Crippen LogP contribution < -0.4 is 0 Å². The highest BCUT2D eigenvalue weighted by Crippen LogP contribution is 2.17. The van der Waals surface area contributed by atoms with Crippen molar-refractivity contribution in [3.63, 3.8) is 0 Å². The molecule has 1 aliphatic heterocycles. The average Bonchev–Trinajstić information content (AvgIpc) is 1.95. The molecule has 0 aromatic heterocycles. The van der Waals surface area contributed by atoms with Crippen LogP contribution in [0.4, 0.5) is 0 Å². The molecule has 3 atom stereocenters. The van der Waals surface area contributed by atoms with Gasteiger partial charge in [0.05, 0.1) is 12.7 Å². The molecule has 1 unspecified atom stereocenters. The molecule has 1 heterocycles. The molecule has 10 heavy (non-hydrogen) atoms. The molecule has 1 saturated heterocycles. The second kappa shape index (κ2) is 3.30. The Morgan fingerprint density at radius 2 is 2.00 bits per heavy atom. The Bertz CT molecular complexity index is 106. The van der Waals surface area contributed by atoms with Gasteiger partial charge in [-0.3, -0.25) is 0 Å². The van der Waals surface area contributed by atoms with E-state index in [4.69, 9.17) is 20.1 Å². The van der Waals surface area contributed by atoms with Gasteiger partial charge in [-0.15, -0.1) is 0 Å². The van der Waals surface area contributed by atoms with Crippen molar-refractivity contribution < 1.29 is 20.1 Å². The second-order valence-corrected chi connectivity index (χ2v) is 2.48. The van der Waals surface area contributed by atoms with Gasteiger partial charge in [0.1, 0.15) is 6.10 Å². The Balaban J connectivity index is 2.33. The van der Waals surface area contributed by atoms with Gasteiger partial charge < -0.3 is 20.1 Å². The predicted octanol–water partition coefficient (Wildman–Crippen LogP) is -1.16. The van der Waals surface area contributed by atoms with Gasteiger partial charge in [0.2, 0.25) is 0 Å². The number of hydrogen-bond donors (Lipinski definition) is 3. The molecule has 4 heteroatoms. The van der Waals surface area contributed by atoms with Crippen LogP contribution in [0.5, 0.6) is 0 Å². The molecule has 0 spiro atoms. The maximum Gasteiger partial charge on any atom is 0.181 e. The summed E-state index contributed by atoms with van der Waals surface area (Å²) in [5.41, 5.74) is 0. The van der Waals surface area contributed by atoms with E-state index in [1.165, 1.54) is 0 Å². The fourth-order valence-electron chi connectivity index (χ4n) is 0.989. The van der Waals surface area contributed by atoms with Gasteiger partial charge in [-0.2, -0.15) is 0 Å². The Morgan fingerprint density at radius 1 is 1.30 bits per heavy atom. The molecular weight excluding hydrogens is 136 g/mol. The first-order valence-corrected chi connectivity index (χ1v) is 3.36. The van der Waals surface area contributed by atoms with Crippen LogP contribution in [0.3, 0.4) is 0 Å². The minimum Gasteiger partial charge on any atom is -0.394 e. The van der Waals surface area contributed by atoms with Crippen molar-refractivity contribution in [3.8, 4) is 0 Å². The van der Waals surface area contributed by atoms with Crippen molar-refractivity contribution in [1.29, 1.82) is 0 Å². The van der Waals surface area contributed by atoms with Crippen LogP contribution >= 0.6 is 0 Å². The van der Waals surface area contributed by atoms with E-state index in [2.05, 4.69) is 0 Å². The van der Waals surface area contributed by atoms with Gasteiger partial charge in [-0.05, 0) is 12.8 Å². The van der Waals surface area contributed by atoms with Crippen molar-refractivity contribution in [2.24, 2.45) is 0 Å². The lowest BCUT2D eigenvalue weighted by molar-refractivity contribution is -0.221. The number of aliphatic hydroxyl groups is 3. The largest absolute Gasteiger partial charge is 0.394 e. The Kier molecular flexibility index (Phi) is 2.62. The molecule has 3 N–H and O–H groups in total. The van der Waals surface area contributed by atoms with Crippen molar-refractivity contribution in [3.05, 3.63) is 0 Å². The fraction of sp³-hybridized carbons (Fsp3) is 1.00. The summed E-state index contributed by atoms with van der Waals surface area (Å²) in [7, 11) is 0. The topological polar surface area (TPSA) is 69.9 Å². The number of rotatable bonds is 1. The summed E-state index contributed by atoms with van der Waals surface area (Å²) in [6.07, 6.45) is -1.12. The highest BCUT2D eigenvalue weighted by atomic mass is 16.6. The van der Waals surface area contributed by atoms with Crippen LogP contribution in [0.15, 0.2) is 0 Å². The third-order valence-corrected chi connectivity index (χ3v) is 1.65.